The van der Waals surface area contributed by atoms with Gasteiger partial charge in [0.2, 0.25) is 11.2 Å². The molecule has 0 saturated carbocycles. The highest BCUT2D eigenvalue weighted by Crippen LogP contribution is 2.16. The summed E-state index contributed by atoms with van der Waals surface area (Å²) < 4.78 is 17.5. The summed E-state index contributed by atoms with van der Waals surface area (Å²) in [5.41, 5.74) is 5.38. The molecule has 4 nitrogen and oxygen atoms in total. The molecule has 0 atom stereocenters. The van der Waals surface area contributed by atoms with E-state index in [1.165, 1.54) is 12.3 Å². The summed E-state index contributed by atoms with van der Waals surface area (Å²) in [4.78, 5) is 7.37. The van der Waals surface area contributed by atoms with Crippen LogP contribution in [0.1, 0.15) is 0 Å². The quantitative estimate of drug-likeness (QED) is 0.611. The van der Waals surface area contributed by atoms with Crippen molar-refractivity contribution in [3.8, 4) is 0 Å². The van der Waals surface area contributed by atoms with Crippen LogP contribution in [0.3, 0.4) is 0 Å². The van der Waals surface area contributed by atoms with E-state index >= 15 is 0 Å². The van der Waals surface area contributed by atoms with Crippen molar-refractivity contribution in [1.29, 1.82) is 0 Å². The third-order valence-electron chi connectivity index (χ3n) is 1.26. The first-order chi connectivity index (χ1) is 5.27. The van der Waals surface area contributed by atoms with Crippen molar-refractivity contribution in [2.75, 3.05) is 5.73 Å². The van der Waals surface area contributed by atoms with Gasteiger partial charge >= 0.3 is 0 Å². The van der Waals surface area contributed by atoms with Crippen LogP contribution in [0.2, 0.25) is 0 Å². The molecule has 11 heavy (non-hydrogen) atoms. The lowest BCUT2D eigenvalue weighted by Crippen LogP contribution is -1.81. The zero-order valence-electron chi connectivity index (χ0n) is 5.41. The van der Waals surface area contributed by atoms with Crippen molar-refractivity contribution < 1.29 is 8.81 Å². The number of halogens is 1. The zero-order chi connectivity index (χ0) is 7.84. The van der Waals surface area contributed by atoms with Gasteiger partial charge in [-0.25, -0.2) is 9.37 Å². The monoisotopic (exact) mass is 153 g/mol. The largest absolute Gasteiger partial charge is 0.419 e. The number of nitrogen functional groups attached to an aromatic ring is 1. The van der Waals surface area contributed by atoms with Crippen LogP contribution < -0.4 is 5.73 Å². The van der Waals surface area contributed by atoms with Gasteiger partial charge in [0.25, 0.3) is 6.01 Å². The predicted octanol–water partition coefficient (Wildman–Crippen LogP) is 0.944. The van der Waals surface area contributed by atoms with E-state index in [0.717, 1.165) is 0 Å². The number of nitrogens with zero attached hydrogens (tertiary/aromatic N) is 2. The Morgan fingerprint density at radius 3 is 3.09 bits per heavy atom. The minimum absolute atomic E-state index is 0.00463. The van der Waals surface area contributed by atoms with Crippen LogP contribution in [0.15, 0.2) is 16.7 Å². The highest BCUT2D eigenvalue weighted by Gasteiger charge is 2.07. The van der Waals surface area contributed by atoms with E-state index in [1.54, 1.807) is 0 Å². The second-order valence-corrected chi connectivity index (χ2v) is 2.00. The zero-order valence-corrected chi connectivity index (χ0v) is 5.41. The van der Waals surface area contributed by atoms with Crippen LogP contribution in [-0.4, -0.2) is 9.97 Å². The second kappa shape index (κ2) is 1.91. The standard InChI is InChI=1S/C6H4FN3O/c7-3-1-2-9-5-4(3)11-6(8)10-5/h1-2H,(H2,8,9,10). The summed E-state index contributed by atoms with van der Waals surface area (Å²) in [7, 11) is 0. The highest BCUT2D eigenvalue weighted by atomic mass is 19.1. The molecule has 0 amide bonds. The normalized spacial score (nSPS) is 10.6. The first kappa shape index (κ1) is 6.09. The maximum absolute atomic E-state index is 12.8. The average molecular weight is 153 g/mol. The first-order valence-electron chi connectivity index (χ1n) is 2.94. The van der Waals surface area contributed by atoms with Gasteiger partial charge in [-0.1, -0.05) is 0 Å². The van der Waals surface area contributed by atoms with Gasteiger partial charge in [-0.3, -0.25) is 0 Å². The molecule has 0 aromatic carbocycles. The number of aromatic nitrogens is 2. The number of nitrogens with two attached hydrogens (primary N) is 1. The molecule has 0 spiro atoms. The molecule has 0 saturated heterocycles. The Hall–Kier alpha value is -1.65. The van der Waals surface area contributed by atoms with Gasteiger partial charge < -0.3 is 10.2 Å². The fourth-order valence-electron chi connectivity index (χ4n) is 0.820. The maximum atomic E-state index is 12.8. The molecule has 0 unspecified atom stereocenters. The number of hydrogen-bond acceptors (Lipinski definition) is 4. The van der Waals surface area contributed by atoms with Crippen LogP contribution in [-0.2, 0) is 0 Å². The Morgan fingerprint density at radius 2 is 2.36 bits per heavy atom. The maximum Gasteiger partial charge on any atom is 0.294 e. The summed E-state index contributed by atoms with van der Waals surface area (Å²) in [5, 5.41) is 0. The van der Waals surface area contributed by atoms with Crippen LogP contribution in [0, 0.1) is 5.82 Å². The molecule has 0 aliphatic carbocycles. The van der Waals surface area contributed by atoms with Crippen LogP contribution >= 0.6 is 0 Å². The van der Waals surface area contributed by atoms with Crippen molar-refractivity contribution in [3.05, 3.63) is 18.1 Å². The van der Waals surface area contributed by atoms with Crippen LogP contribution in [0.5, 0.6) is 0 Å². The summed E-state index contributed by atoms with van der Waals surface area (Å²) in [5.74, 6) is -0.501. The Kier molecular flexibility index (Phi) is 1.06. The molecule has 2 heterocycles. The Labute approximate surface area is 60.9 Å². The fourth-order valence-corrected chi connectivity index (χ4v) is 0.820. The topological polar surface area (TPSA) is 64.9 Å². The van der Waals surface area contributed by atoms with E-state index in [9.17, 15) is 4.39 Å². The van der Waals surface area contributed by atoms with Crippen LogP contribution in [0.25, 0.3) is 11.2 Å². The van der Waals surface area contributed by atoms with E-state index in [4.69, 9.17) is 10.2 Å². The van der Waals surface area contributed by atoms with Gasteiger partial charge in [0, 0.05) is 6.20 Å². The van der Waals surface area contributed by atoms with Gasteiger partial charge in [0.15, 0.2) is 5.82 Å². The smallest absolute Gasteiger partial charge is 0.294 e. The molecule has 2 aromatic heterocycles. The van der Waals surface area contributed by atoms with Crippen molar-refractivity contribution in [1.82, 2.24) is 9.97 Å². The Bertz CT molecular complexity index is 398. The molecule has 0 aliphatic rings. The van der Waals surface area contributed by atoms with Crippen LogP contribution in [0.4, 0.5) is 10.4 Å². The van der Waals surface area contributed by atoms with E-state index < -0.39 is 5.82 Å². The first-order valence-corrected chi connectivity index (χ1v) is 2.94. The number of anilines is 1. The summed E-state index contributed by atoms with van der Waals surface area (Å²) in [6.45, 7) is 0. The van der Waals surface area contributed by atoms with Gasteiger partial charge in [-0.15, -0.1) is 0 Å². The lowest BCUT2D eigenvalue weighted by atomic mass is 10.4. The van der Waals surface area contributed by atoms with Crippen molar-refractivity contribution in [2.45, 2.75) is 0 Å². The molecular formula is C6H4FN3O. The third-order valence-corrected chi connectivity index (χ3v) is 1.26. The highest BCUT2D eigenvalue weighted by molar-refractivity contribution is 5.69. The lowest BCUT2D eigenvalue weighted by molar-refractivity contribution is 0.566. The van der Waals surface area contributed by atoms with Gasteiger partial charge in [-0.2, -0.15) is 4.98 Å². The van der Waals surface area contributed by atoms with E-state index in [-0.39, 0.29) is 17.2 Å². The molecule has 0 aliphatic heterocycles. The lowest BCUT2D eigenvalue weighted by Gasteiger charge is -1.84. The minimum atomic E-state index is -0.501. The average Bonchev–Trinajstić information content (AvgIpc) is 2.31. The van der Waals surface area contributed by atoms with Crippen molar-refractivity contribution in [3.63, 3.8) is 0 Å². The number of hydrogen-bond donors (Lipinski definition) is 1. The molecule has 0 bridgehead atoms. The van der Waals surface area contributed by atoms with Crippen molar-refractivity contribution >= 4 is 17.2 Å². The molecule has 5 heteroatoms. The fraction of sp³-hybridized carbons (Fsp3) is 0. The summed E-state index contributed by atoms with van der Waals surface area (Å²) in [6, 6.07) is 1.12. The SMILES string of the molecule is Nc1nc2nccc(F)c2o1. The molecule has 2 aromatic rings. The predicted molar refractivity (Wildman–Crippen MR) is 36.2 cm³/mol. The molecular weight excluding hydrogens is 149 g/mol. The molecule has 56 valence electrons. The third kappa shape index (κ3) is 0.813. The molecule has 2 N–H and O–H groups in total. The molecule has 0 fully saturated rings. The van der Waals surface area contributed by atoms with Crippen molar-refractivity contribution in [2.24, 2.45) is 0 Å². The van der Waals surface area contributed by atoms with Gasteiger partial charge in [-0.05, 0) is 6.07 Å². The molecule has 0 radical (unpaired) electrons. The number of pyridine rings is 1. The minimum Gasteiger partial charge on any atom is -0.419 e. The van der Waals surface area contributed by atoms with E-state index in [2.05, 4.69) is 9.97 Å². The second-order valence-electron chi connectivity index (χ2n) is 2.00. The Morgan fingerprint density at radius 1 is 1.55 bits per heavy atom. The molecule has 2 rings (SSSR count). The number of rotatable bonds is 0. The van der Waals surface area contributed by atoms with Gasteiger partial charge in [0.05, 0.1) is 0 Å². The Balaban J connectivity index is 2.90. The number of fused-ring (bicyclic) bond motifs is 1. The van der Waals surface area contributed by atoms with E-state index in [0.29, 0.717) is 0 Å². The number of oxazole rings is 1. The summed E-state index contributed by atoms with van der Waals surface area (Å²) >= 11 is 0. The van der Waals surface area contributed by atoms with Gasteiger partial charge in [0.1, 0.15) is 0 Å². The van der Waals surface area contributed by atoms with E-state index in [1.807, 2.05) is 0 Å². The summed E-state index contributed by atoms with van der Waals surface area (Å²) in [6.07, 6.45) is 1.31.